The molecule has 1 atom stereocenters. The summed E-state index contributed by atoms with van der Waals surface area (Å²) in [6, 6.07) is 6.70. The number of nitrogens with one attached hydrogen (secondary N) is 2. The summed E-state index contributed by atoms with van der Waals surface area (Å²) in [6.45, 7) is 0.418. The zero-order chi connectivity index (χ0) is 14.0. The van der Waals surface area contributed by atoms with Crippen molar-refractivity contribution in [2.45, 2.75) is 6.10 Å². The predicted molar refractivity (Wildman–Crippen MR) is 69.9 cm³/mol. The summed E-state index contributed by atoms with van der Waals surface area (Å²) < 4.78 is 31.8. The Morgan fingerprint density at radius 3 is 2.42 bits per heavy atom. The normalized spacial score (nSPS) is 19.1. The van der Waals surface area contributed by atoms with E-state index in [1.165, 1.54) is 14.1 Å². The maximum atomic E-state index is 11.6. The van der Waals surface area contributed by atoms with Gasteiger partial charge in [0.1, 0.15) is 6.10 Å². The van der Waals surface area contributed by atoms with Gasteiger partial charge in [0.05, 0.1) is 6.54 Å². The number of rotatable bonds is 4. The number of carbonyl (C=O) groups excluding carboxylic acids is 1. The molecular formula is C11H15N3O4S. The summed E-state index contributed by atoms with van der Waals surface area (Å²) in [5.41, 5.74) is 1.26. The molecule has 19 heavy (non-hydrogen) atoms. The first kappa shape index (κ1) is 13.6. The Bertz CT molecular complexity index is 568. The highest BCUT2D eigenvalue weighted by Gasteiger charge is 2.24. The minimum Gasteiger partial charge on any atom is -0.439 e. The number of alkyl carbamates (subject to hydrolysis) is 1. The van der Waals surface area contributed by atoms with Crippen LogP contribution in [-0.2, 0) is 14.9 Å². The zero-order valence-corrected chi connectivity index (χ0v) is 11.4. The van der Waals surface area contributed by atoms with E-state index in [0.717, 1.165) is 9.87 Å². The van der Waals surface area contributed by atoms with E-state index >= 15 is 0 Å². The van der Waals surface area contributed by atoms with E-state index in [0.29, 0.717) is 12.2 Å². The van der Waals surface area contributed by atoms with Crippen LogP contribution in [0.1, 0.15) is 11.7 Å². The smallest absolute Gasteiger partial charge is 0.407 e. The van der Waals surface area contributed by atoms with Gasteiger partial charge in [-0.3, -0.25) is 4.72 Å². The van der Waals surface area contributed by atoms with Crippen LogP contribution >= 0.6 is 0 Å². The van der Waals surface area contributed by atoms with Crippen LogP contribution in [-0.4, -0.2) is 39.5 Å². The van der Waals surface area contributed by atoms with Crippen molar-refractivity contribution in [1.82, 2.24) is 9.62 Å². The highest BCUT2D eigenvalue weighted by atomic mass is 32.2. The highest BCUT2D eigenvalue weighted by Crippen LogP contribution is 2.22. The van der Waals surface area contributed by atoms with Gasteiger partial charge in [-0.1, -0.05) is 12.1 Å². The summed E-state index contributed by atoms with van der Waals surface area (Å²) in [7, 11) is -0.617. The van der Waals surface area contributed by atoms with E-state index in [2.05, 4.69) is 10.0 Å². The first-order chi connectivity index (χ1) is 8.88. The summed E-state index contributed by atoms with van der Waals surface area (Å²) in [4.78, 5) is 10.9. The first-order valence-electron chi connectivity index (χ1n) is 5.63. The number of hydrogen-bond acceptors (Lipinski definition) is 4. The fraction of sp³-hybridized carbons (Fsp3) is 0.364. The van der Waals surface area contributed by atoms with E-state index in [1.807, 2.05) is 0 Å². The molecule has 1 heterocycles. The molecule has 1 saturated heterocycles. The lowest BCUT2D eigenvalue weighted by atomic mass is 10.1. The Morgan fingerprint density at radius 1 is 1.32 bits per heavy atom. The second-order valence-electron chi connectivity index (χ2n) is 4.29. The minimum atomic E-state index is -3.51. The zero-order valence-electron chi connectivity index (χ0n) is 10.6. The van der Waals surface area contributed by atoms with Crippen LogP contribution < -0.4 is 10.0 Å². The van der Waals surface area contributed by atoms with Gasteiger partial charge in [0.25, 0.3) is 0 Å². The molecule has 0 spiro atoms. The van der Waals surface area contributed by atoms with E-state index in [9.17, 15) is 13.2 Å². The number of nitrogens with zero attached hydrogens (tertiary/aromatic N) is 1. The molecule has 1 aliphatic heterocycles. The molecule has 2 rings (SSSR count). The SMILES string of the molecule is CN(C)S(=O)(=O)Nc1ccc(C2CNC(=O)O2)cc1. The van der Waals surface area contributed by atoms with E-state index < -0.39 is 16.3 Å². The third kappa shape index (κ3) is 3.15. The summed E-state index contributed by atoms with van der Waals surface area (Å²) in [5.74, 6) is 0. The number of benzene rings is 1. The van der Waals surface area contributed by atoms with Crippen molar-refractivity contribution in [3.63, 3.8) is 0 Å². The molecule has 1 amide bonds. The predicted octanol–water partition coefficient (Wildman–Crippen LogP) is 0.686. The number of amides is 1. The Kier molecular flexibility index (Phi) is 3.63. The van der Waals surface area contributed by atoms with Gasteiger partial charge in [-0.15, -0.1) is 0 Å². The lowest BCUT2D eigenvalue weighted by Crippen LogP contribution is -2.28. The number of hydrogen-bond donors (Lipinski definition) is 2. The molecule has 0 aromatic heterocycles. The summed E-state index contributed by atoms with van der Waals surface area (Å²) in [5, 5.41) is 2.56. The van der Waals surface area contributed by atoms with Crippen molar-refractivity contribution in [3.8, 4) is 0 Å². The maximum Gasteiger partial charge on any atom is 0.407 e. The van der Waals surface area contributed by atoms with E-state index in [-0.39, 0.29) is 6.10 Å². The number of carbonyl (C=O) groups is 1. The molecule has 104 valence electrons. The van der Waals surface area contributed by atoms with Crippen LogP contribution in [0, 0.1) is 0 Å². The second-order valence-corrected chi connectivity index (χ2v) is 6.17. The largest absolute Gasteiger partial charge is 0.439 e. The quantitative estimate of drug-likeness (QED) is 0.852. The molecule has 7 nitrogen and oxygen atoms in total. The Labute approximate surface area is 111 Å². The first-order valence-corrected chi connectivity index (χ1v) is 7.07. The lowest BCUT2D eigenvalue weighted by Gasteiger charge is -2.14. The third-order valence-electron chi connectivity index (χ3n) is 2.69. The molecule has 2 N–H and O–H groups in total. The van der Waals surface area contributed by atoms with Crippen LogP contribution in [0.15, 0.2) is 24.3 Å². The van der Waals surface area contributed by atoms with Crippen molar-refractivity contribution in [1.29, 1.82) is 0 Å². The molecule has 0 saturated carbocycles. The Morgan fingerprint density at radius 2 is 1.95 bits per heavy atom. The molecule has 8 heteroatoms. The van der Waals surface area contributed by atoms with E-state index in [4.69, 9.17) is 4.74 Å². The van der Waals surface area contributed by atoms with Crippen molar-refractivity contribution in [2.24, 2.45) is 0 Å². The fourth-order valence-electron chi connectivity index (χ4n) is 1.58. The maximum absolute atomic E-state index is 11.6. The van der Waals surface area contributed by atoms with Crippen LogP contribution in [0.2, 0.25) is 0 Å². The average molecular weight is 285 g/mol. The van der Waals surface area contributed by atoms with Crippen molar-refractivity contribution < 1.29 is 17.9 Å². The molecule has 1 aliphatic rings. The van der Waals surface area contributed by atoms with Gasteiger partial charge < -0.3 is 10.1 Å². The molecule has 1 unspecified atom stereocenters. The molecule has 0 bridgehead atoms. The fourth-order valence-corrected chi connectivity index (χ4v) is 2.20. The van der Waals surface area contributed by atoms with Gasteiger partial charge in [-0.05, 0) is 17.7 Å². The topological polar surface area (TPSA) is 87.7 Å². The van der Waals surface area contributed by atoms with Crippen LogP contribution in [0.3, 0.4) is 0 Å². The van der Waals surface area contributed by atoms with Gasteiger partial charge in [-0.2, -0.15) is 12.7 Å². The molecule has 0 aliphatic carbocycles. The third-order valence-corrected chi connectivity index (χ3v) is 4.15. The Hall–Kier alpha value is -1.80. The number of ether oxygens (including phenoxy) is 1. The van der Waals surface area contributed by atoms with E-state index in [1.54, 1.807) is 24.3 Å². The minimum absolute atomic E-state index is 0.327. The van der Waals surface area contributed by atoms with Gasteiger partial charge in [0.2, 0.25) is 0 Å². The van der Waals surface area contributed by atoms with Crippen molar-refractivity contribution in [2.75, 3.05) is 25.4 Å². The van der Waals surface area contributed by atoms with Crippen LogP contribution in [0.4, 0.5) is 10.5 Å². The molecule has 1 aromatic rings. The van der Waals surface area contributed by atoms with Crippen LogP contribution in [0.5, 0.6) is 0 Å². The number of anilines is 1. The summed E-state index contributed by atoms with van der Waals surface area (Å²) >= 11 is 0. The molecular weight excluding hydrogens is 270 g/mol. The van der Waals surface area contributed by atoms with Gasteiger partial charge >= 0.3 is 16.3 Å². The summed E-state index contributed by atoms with van der Waals surface area (Å²) in [6.07, 6.45) is -0.769. The van der Waals surface area contributed by atoms with Crippen molar-refractivity contribution in [3.05, 3.63) is 29.8 Å². The van der Waals surface area contributed by atoms with Gasteiger partial charge in [0.15, 0.2) is 0 Å². The second kappa shape index (κ2) is 5.06. The van der Waals surface area contributed by atoms with Gasteiger partial charge in [0, 0.05) is 19.8 Å². The molecule has 1 fully saturated rings. The van der Waals surface area contributed by atoms with Crippen molar-refractivity contribution >= 4 is 22.0 Å². The lowest BCUT2D eigenvalue weighted by molar-refractivity contribution is 0.141. The highest BCUT2D eigenvalue weighted by molar-refractivity contribution is 7.90. The molecule has 0 radical (unpaired) electrons. The average Bonchev–Trinajstić information content (AvgIpc) is 2.76. The Balaban J connectivity index is 2.09. The molecule has 1 aromatic carbocycles. The number of cyclic esters (lactones) is 1. The standard InChI is InChI=1S/C11H15N3O4S/c1-14(2)19(16,17)13-9-5-3-8(4-6-9)10-7-12-11(15)18-10/h3-6,10,13H,7H2,1-2H3,(H,12,15). The van der Waals surface area contributed by atoms with Gasteiger partial charge in [-0.25, -0.2) is 4.79 Å². The van der Waals surface area contributed by atoms with Crippen LogP contribution in [0.25, 0.3) is 0 Å². The monoisotopic (exact) mass is 285 g/mol.